The summed E-state index contributed by atoms with van der Waals surface area (Å²) < 4.78 is 11.5. The van der Waals surface area contributed by atoms with Gasteiger partial charge in [-0.05, 0) is 73.1 Å². The molecule has 0 bridgehead atoms. The van der Waals surface area contributed by atoms with E-state index < -0.39 is 29.3 Å². The Balaban J connectivity index is 3.09. The van der Waals surface area contributed by atoms with Crippen molar-refractivity contribution in [2.75, 3.05) is 6.54 Å². The number of allylic oxidation sites excluding steroid dienone is 4. The average molecular weight is 430 g/mol. The molecule has 0 saturated carbocycles. The highest BCUT2D eigenvalue weighted by Crippen LogP contribution is 2.35. The normalized spacial score (nSPS) is 18.2. The van der Waals surface area contributed by atoms with E-state index in [1.54, 1.807) is 11.0 Å². The first kappa shape index (κ1) is 26.6. The monoisotopic (exact) mass is 429 g/mol. The molecule has 2 atom stereocenters. The SMILES string of the molecule is C#C[C@](CCC=C(C)C)(OC(=O)/C=C/CCCC=C)[C@H]1CCCN1C(=O)OC(C)(C)C. The quantitative estimate of drug-likeness (QED) is 0.141. The molecule has 0 spiro atoms. The van der Waals surface area contributed by atoms with Crippen molar-refractivity contribution in [2.45, 2.75) is 96.8 Å². The smallest absolute Gasteiger partial charge is 0.410 e. The molecular formula is C26H39NO4. The highest BCUT2D eigenvalue weighted by molar-refractivity contribution is 5.82. The van der Waals surface area contributed by atoms with Crippen LogP contribution in [0.1, 0.15) is 79.6 Å². The number of likely N-dealkylation sites (tertiary alicyclic amines) is 1. The first-order chi connectivity index (χ1) is 14.5. The van der Waals surface area contributed by atoms with Gasteiger partial charge in [-0.25, -0.2) is 9.59 Å². The van der Waals surface area contributed by atoms with Crippen molar-refractivity contribution in [3.63, 3.8) is 0 Å². The standard InChI is InChI=1S/C26H39NO4/c1-8-10-11-12-13-18-23(28)30-26(9-2,19-14-16-21(3)4)22-17-15-20-27(22)24(29)31-25(5,6)7/h2,8,13,16,18,22H,1,10-12,14-15,17,19-20H2,3-7H3/b18-13+/t22-,26-/m1/s1. The van der Waals surface area contributed by atoms with Gasteiger partial charge in [-0.3, -0.25) is 0 Å². The van der Waals surface area contributed by atoms with E-state index >= 15 is 0 Å². The van der Waals surface area contributed by atoms with Crippen molar-refractivity contribution < 1.29 is 19.1 Å². The molecule has 5 nitrogen and oxygen atoms in total. The van der Waals surface area contributed by atoms with Gasteiger partial charge >= 0.3 is 12.1 Å². The molecule has 0 N–H and O–H groups in total. The first-order valence-corrected chi connectivity index (χ1v) is 11.2. The second-order valence-electron chi connectivity index (χ2n) is 9.23. The van der Waals surface area contributed by atoms with Crippen LogP contribution in [-0.4, -0.2) is 40.8 Å². The van der Waals surface area contributed by atoms with Gasteiger partial charge in [0.05, 0.1) is 6.04 Å². The third-order valence-electron chi connectivity index (χ3n) is 5.05. The van der Waals surface area contributed by atoms with Gasteiger partial charge in [0.1, 0.15) is 5.60 Å². The van der Waals surface area contributed by atoms with Crippen molar-refractivity contribution in [1.29, 1.82) is 0 Å². The predicted molar refractivity (Wildman–Crippen MR) is 125 cm³/mol. The summed E-state index contributed by atoms with van der Waals surface area (Å²) in [7, 11) is 0. The van der Waals surface area contributed by atoms with Crippen LogP contribution >= 0.6 is 0 Å². The van der Waals surface area contributed by atoms with Gasteiger partial charge in [-0.15, -0.1) is 13.0 Å². The molecular weight excluding hydrogens is 390 g/mol. The summed E-state index contributed by atoms with van der Waals surface area (Å²) in [4.78, 5) is 27.1. The first-order valence-electron chi connectivity index (χ1n) is 11.2. The van der Waals surface area contributed by atoms with Gasteiger partial charge in [-0.1, -0.05) is 29.7 Å². The number of hydrogen-bond acceptors (Lipinski definition) is 4. The molecule has 0 aromatic rings. The third-order valence-corrected chi connectivity index (χ3v) is 5.05. The highest BCUT2D eigenvalue weighted by Gasteiger charge is 2.48. The molecule has 1 rings (SSSR count). The van der Waals surface area contributed by atoms with Crippen LogP contribution < -0.4 is 0 Å². The lowest BCUT2D eigenvalue weighted by molar-refractivity contribution is -0.153. The topological polar surface area (TPSA) is 55.8 Å². The molecule has 172 valence electrons. The van der Waals surface area contributed by atoms with Gasteiger partial charge in [0, 0.05) is 19.0 Å². The van der Waals surface area contributed by atoms with Crippen LogP contribution in [0.25, 0.3) is 0 Å². The molecule has 0 aromatic carbocycles. The molecule has 1 heterocycles. The van der Waals surface area contributed by atoms with Crippen molar-refractivity contribution in [3.05, 3.63) is 36.5 Å². The summed E-state index contributed by atoms with van der Waals surface area (Å²) in [5.41, 5.74) is -0.660. The summed E-state index contributed by atoms with van der Waals surface area (Å²) in [6, 6.07) is -0.420. The molecule has 31 heavy (non-hydrogen) atoms. The van der Waals surface area contributed by atoms with E-state index in [0.717, 1.165) is 31.3 Å². The van der Waals surface area contributed by atoms with E-state index in [1.165, 1.54) is 6.08 Å². The maximum absolute atomic E-state index is 12.8. The van der Waals surface area contributed by atoms with Crippen LogP contribution in [0, 0.1) is 12.3 Å². The summed E-state index contributed by atoms with van der Waals surface area (Å²) in [5, 5.41) is 0. The summed E-state index contributed by atoms with van der Waals surface area (Å²) >= 11 is 0. The number of carbonyl (C=O) groups is 2. The Labute approximate surface area is 188 Å². The minimum absolute atomic E-state index is 0.420. The molecule has 0 aromatic heterocycles. The maximum atomic E-state index is 12.8. The maximum Gasteiger partial charge on any atom is 0.410 e. The summed E-state index contributed by atoms with van der Waals surface area (Å²) in [6.45, 7) is 13.7. The largest absolute Gasteiger partial charge is 0.444 e. The Bertz CT molecular complexity index is 719. The van der Waals surface area contributed by atoms with Crippen LogP contribution in [0.2, 0.25) is 0 Å². The van der Waals surface area contributed by atoms with Gasteiger partial charge in [0.2, 0.25) is 0 Å². The fourth-order valence-electron chi connectivity index (χ4n) is 3.62. The number of ether oxygens (including phenoxy) is 2. The van der Waals surface area contributed by atoms with E-state index in [1.807, 2.05) is 40.7 Å². The van der Waals surface area contributed by atoms with Crippen molar-refractivity contribution >= 4 is 12.1 Å². The zero-order chi connectivity index (χ0) is 23.5. The zero-order valence-electron chi connectivity index (χ0n) is 19.9. The minimum Gasteiger partial charge on any atom is -0.444 e. The van der Waals surface area contributed by atoms with Crippen LogP contribution in [0.4, 0.5) is 4.79 Å². The Morgan fingerprint density at radius 1 is 1.19 bits per heavy atom. The van der Waals surface area contributed by atoms with Crippen molar-refractivity contribution in [2.24, 2.45) is 0 Å². The Hall–Kier alpha value is -2.48. The Morgan fingerprint density at radius 3 is 2.48 bits per heavy atom. The molecule has 0 radical (unpaired) electrons. The molecule has 0 aliphatic carbocycles. The van der Waals surface area contributed by atoms with Gasteiger partial charge in [0.25, 0.3) is 0 Å². The number of carbonyl (C=O) groups excluding carboxylic acids is 2. The van der Waals surface area contributed by atoms with Crippen LogP contribution in [0.5, 0.6) is 0 Å². The number of esters is 1. The van der Waals surface area contributed by atoms with E-state index in [9.17, 15) is 9.59 Å². The van der Waals surface area contributed by atoms with E-state index in [0.29, 0.717) is 25.8 Å². The lowest BCUT2D eigenvalue weighted by Gasteiger charge is -2.39. The number of terminal acetylenes is 1. The zero-order valence-corrected chi connectivity index (χ0v) is 19.9. The second-order valence-corrected chi connectivity index (χ2v) is 9.23. The number of hydrogen-bond donors (Lipinski definition) is 0. The number of unbranched alkanes of at least 4 members (excludes halogenated alkanes) is 2. The predicted octanol–water partition coefficient (Wildman–Crippen LogP) is 5.96. The summed E-state index contributed by atoms with van der Waals surface area (Å²) in [5.74, 6) is 2.27. The van der Waals surface area contributed by atoms with Crippen LogP contribution in [0.15, 0.2) is 36.5 Å². The third kappa shape index (κ3) is 9.04. The van der Waals surface area contributed by atoms with E-state index in [-0.39, 0.29) is 0 Å². The average Bonchev–Trinajstić information content (AvgIpc) is 3.16. The second kappa shape index (κ2) is 12.4. The van der Waals surface area contributed by atoms with Crippen molar-refractivity contribution in [1.82, 2.24) is 4.90 Å². The lowest BCUT2D eigenvalue weighted by Crippen LogP contribution is -2.54. The Morgan fingerprint density at radius 2 is 1.90 bits per heavy atom. The molecule has 5 heteroatoms. The van der Waals surface area contributed by atoms with Gasteiger partial charge < -0.3 is 14.4 Å². The van der Waals surface area contributed by atoms with Gasteiger partial charge in [0.15, 0.2) is 5.60 Å². The minimum atomic E-state index is -1.21. The van der Waals surface area contributed by atoms with Crippen LogP contribution in [0.3, 0.4) is 0 Å². The number of rotatable bonds is 10. The summed E-state index contributed by atoms with van der Waals surface area (Å²) in [6.07, 6.45) is 17.8. The Kier molecular flexibility index (Phi) is 10.6. The molecule has 1 saturated heterocycles. The van der Waals surface area contributed by atoms with E-state index in [4.69, 9.17) is 15.9 Å². The molecule has 1 amide bonds. The molecule has 1 aliphatic heterocycles. The molecule has 0 unspecified atom stereocenters. The highest BCUT2D eigenvalue weighted by atomic mass is 16.6. The lowest BCUT2D eigenvalue weighted by atomic mass is 9.87. The molecule has 1 aliphatic rings. The van der Waals surface area contributed by atoms with Crippen molar-refractivity contribution in [3.8, 4) is 12.3 Å². The number of nitrogens with zero attached hydrogens (tertiary/aromatic N) is 1. The number of amides is 1. The van der Waals surface area contributed by atoms with Gasteiger partial charge in [-0.2, -0.15) is 0 Å². The molecule has 1 fully saturated rings. The van der Waals surface area contributed by atoms with Crippen LogP contribution in [-0.2, 0) is 14.3 Å². The van der Waals surface area contributed by atoms with E-state index in [2.05, 4.69) is 18.6 Å². The fraction of sp³-hybridized carbons (Fsp3) is 0.615. The fourth-order valence-corrected chi connectivity index (χ4v) is 3.62.